The number of ether oxygens (including phenoxy) is 1. The lowest BCUT2D eigenvalue weighted by Crippen LogP contribution is -2.35. The van der Waals surface area contributed by atoms with E-state index in [0.29, 0.717) is 12.5 Å². The topological polar surface area (TPSA) is 49.7 Å². The molecule has 2 N–H and O–H groups in total. The lowest BCUT2D eigenvalue weighted by molar-refractivity contribution is -0.111. The van der Waals surface area contributed by atoms with Gasteiger partial charge in [0.1, 0.15) is 0 Å². The Balaban J connectivity index is 2.08. The van der Waals surface area contributed by atoms with Crippen LogP contribution in [0.4, 0.5) is 0 Å². The fourth-order valence-corrected chi connectivity index (χ4v) is 2.24. The Morgan fingerprint density at radius 3 is 2.73 bits per heavy atom. The maximum atomic E-state index is 9.51. The normalized spacial score (nSPS) is 50.7. The third-order valence-electron chi connectivity index (χ3n) is 2.87. The van der Waals surface area contributed by atoms with Crippen molar-refractivity contribution in [2.75, 3.05) is 6.61 Å². The van der Waals surface area contributed by atoms with Crippen molar-refractivity contribution < 1.29 is 14.9 Å². The molecular formula is C8H14O3. The highest BCUT2D eigenvalue weighted by Crippen LogP contribution is 2.37. The zero-order valence-electron chi connectivity index (χ0n) is 6.44. The molecule has 0 aromatic rings. The van der Waals surface area contributed by atoms with Crippen molar-refractivity contribution in [1.82, 2.24) is 0 Å². The van der Waals surface area contributed by atoms with E-state index < -0.39 is 6.29 Å². The third kappa shape index (κ3) is 1.17. The monoisotopic (exact) mass is 158 g/mol. The average Bonchev–Trinajstić information content (AvgIpc) is 2.34. The van der Waals surface area contributed by atoms with Crippen molar-refractivity contribution in [3.8, 4) is 0 Å². The second-order valence-electron chi connectivity index (χ2n) is 3.56. The third-order valence-corrected chi connectivity index (χ3v) is 2.87. The number of rotatable bonds is 0. The largest absolute Gasteiger partial charge is 0.393 e. The van der Waals surface area contributed by atoms with Crippen LogP contribution in [0.5, 0.6) is 0 Å². The maximum Gasteiger partial charge on any atom is 0.160 e. The summed E-state index contributed by atoms with van der Waals surface area (Å²) in [5, 5.41) is 18.8. The van der Waals surface area contributed by atoms with E-state index in [2.05, 4.69) is 0 Å². The summed E-state index contributed by atoms with van der Waals surface area (Å²) < 4.78 is 5.07. The van der Waals surface area contributed by atoms with Crippen LogP contribution in [0, 0.1) is 11.8 Å². The molecule has 2 rings (SSSR count). The summed E-state index contributed by atoms with van der Waals surface area (Å²) in [5.41, 5.74) is 0. The summed E-state index contributed by atoms with van der Waals surface area (Å²) in [6.45, 7) is 0.628. The molecule has 1 aliphatic heterocycles. The Labute approximate surface area is 66.0 Å². The second kappa shape index (κ2) is 2.73. The molecule has 3 nitrogen and oxygen atoms in total. The molecule has 1 saturated heterocycles. The van der Waals surface area contributed by atoms with Crippen LogP contribution in [0.1, 0.15) is 19.3 Å². The first-order valence-corrected chi connectivity index (χ1v) is 4.27. The molecule has 2 fully saturated rings. The molecule has 4 atom stereocenters. The van der Waals surface area contributed by atoms with Gasteiger partial charge in [0.2, 0.25) is 0 Å². The van der Waals surface area contributed by atoms with Crippen molar-refractivity contribution in [3.05, 3.63) is 0 Å². The van der Waals surface area contributed by atoms with Gasteiger partial charge in [0.25, 0.3) is 0 Å². The van der Waals surface area contributed by atoms with E-state index in [-0.39, 0.29) is 12.0 Å². The van der Waals surface area contributed by atoms with Crippen molar-refractivity contribution in [2.45, 2.75) is 31.7 Å². The van der Waals surface area contributed by atoms with Crippen LogP contribution in [-0.2, 0) is 4.74 Å². The minimum absolute atomic E-state index is 0.0104. The van der Waals surface area contributed by atoms with E-state index in [1.807, 2.05) is 0 Å². The van der Waals surface area contributed by atoms with Crippen LogP contribution in [0.25, 0.3) is 0 Å². The molecular weight excluding hydrogens is 144 g/mol. The minimum atomic E-state index is -0.713. The Bertz CT molecular complexity index is 146. The van der Waals surface area contributed by atoms with Gasteiger partial charge in [-0.25, -0.2) is 0 Å². The SMILES string of the molecule is OC1OCC2CCC[C@H](O)C21. The fraction of sp³-hybridized carbons (Fsp3) is 1.00. The summed E-state index contributed by atoms with van der Waals surface area (Å²) >= 11 is 0. The number of fused-ring (bicyclic) bond motifs is 1. The van der Waals surface area contributed by atoms with Gasteiger partial charge in [-0.15, -0.1) is 0 Å². The number of hydrogen-bond donors (Lipinski definition) is 2. The van der Waals surface area contributed by atoms with E-state index >= 15 is 0 Å². The molecule has 64 valence electrons. The molecule has 0 aromatic heterocycles. The van der Waals surface area contributed by atoms with E-state index in [0.717, 1.165) is 19.3 Å². The predicted octanol–water partition coefficient (Wildman–Crippen LogP) is 0.112. The quantitative estimate of drug-likeness (QED) is 0.526. The molecule has 0 radical (unpaired) electrons. The molecule has 1 saturated carbocycles. The molecule has 2 aliphatic rings. The lowest BCUT2D eigenvalue weighted by Gasteiger charge is -2.29. The molecule has 1 aliphatic carbocycles. The van der Waals surface area contributed by atoms with Gasteiger partial charge in [-0.2, -0.15) is 0 Å². The highest BCUT2D eigenvalue weighted by Gasteiger charge is 2.42. The highest BCUT2D eigenvalue weighted by atomic mass is 16.6. The van der Waals surface area contributed by atoms with Crippen molar-refractivity contribution in [2.24, 2.45) is 11.8 Å². The Hall–Kier alpha value is -0.120. The standard InChI is InChI=1S/C8H14O3/c9-6-3-1-2-5-4-11-8(10)7(5)6/h5-10H,1-4H2/t5?,6-,7?,8?/m0/s1. The smallest absolute Gasteiger partial charge is 0.160 e. The second-order valence-corrected chi connectivity index (χ2v) is 3.56. The zero-order chi connectivity index (χ0) is 7.84. The van der Waals surface area contributed by atoms with Gasteiger partial charge in [-0.3, -0.25) is 0 Å². The van der Waals surface area contributed by atoms with Crippen molar-refractivity contribution in [3.63, 3.8) is 0 Å². The van der Waals surface area contributed by atoms with Crippen LogP contribution in [0.15, 0.2) is 0 Å². The lowest BCUT2D eigenvalue weighted by atomic mass is 9.79. The summed E-state index contributed by atoms with van der Waals surface area (Å²) in [5.74, 6) is 0.387. The highest BCUT2D eigenvalue weighted by molar-refractivity contribution is 4.87. The fourth-order valence-electron chi connectivity index (χ4n) is 2.24. The molecule has 0 bridgehead atoms. The van der Waals surface area contributed by atoms with E-state index in [9.17, 15) is 10.2 Å². The molecule has 3 unspecified atom stereocenters. The number of aliphatic hydroxyl groups is 2. The van der Waals surface area contributed by atoms with Gasteiger partial charge < -0.3 is 14.9 Å². The van der Waals surface area contributed by atoms with E-state index in [1.54, 1.807) is 0 Å². The van der Waals surface area contributed by atoms with Crippen LogP contribution in [0.2, 0.25) is 0 Å². The molecule has 1 heterocycles. The van der Waals surface area contributed by atoms with E-state index in [4.69, 9.17) is 4.74 Å². The van der Waals surface area contributed by atoms with E-state index in [1.165, 1.54) is 0 Å². The van der Waals surface area contributed by atoms with Crippen LogP contribution in [-0.4, -0.2) is 29.2 Å². The van der Waals surface area contributed by atoms with Crippen LogP contribution < -0.4 is 0 Å². The van der Waals surface area contributed by atoms with Gasteiger partial charge in [-0.05, 0) is 18.8 Å². The Morgan fingerprint density at radius 2 is 2.00 bits per heavy atom. The van der Waals surface area contributed by atoms with Crippen LogP contribution >= 0.6 is 0 Å². The summed E-state index contributed by atoms with van der Waals surface area (Å²) in [6.07, 6.45) is 1.93. The Kier molecular flexibility index (Phi) is 1.87. The summed E-state index contributed by atoms with van der Waals surface area (Å²) in [7, 11) is 0. The van der Waals surface area contributed by atoms with Gasteiger partial charge in [0.05, 0.1) is 12.7 Å². The zero-order valence-corrected chi connectivity index (χ0v) is 6.44. The first kappa shape index (κ1) is 7.53. The minimum Gasteiger partial charge on any atom is -0.393 e. The van der Waals surface area contributed by atoms with Crippen molar-refractivity contribution >= 4 is 0 Å². The van der Waals surface area contributed by atoms with Gasteiger partial charge >= 0.3 is 0 Å². The number of hydrogen-bond acceptors (Lipinski definition) is 3. The summed E-state index contributed by atoms with van der Waals surface area (Å²) in [6, 6.07) is 0. The van der Waals surface area contributed by atoms with Gasteiger partial charge in [0.15, 0.2) is 6.29 Å². The van der Waals surface area contributed by atoms with Gasteiger partial charge in [-0.1, -0.05) is 6.42 Å². The first-order valence-electron chi connectivity index (χ1n) is 4.27. The maximum absolute atomic E-state index is 9.51. The van der Waals surface area contributed by atoms with Crippen molar-refractivity contribution in [1.29, 1.82) is 0 Å². The van der Waals surface area contributed by atoms with Gasteiger partial charge in [0, 0.05) is 5.92 Å². The molecule has 0 spiro atoms. The van der Waals surface area contributed by atoms with Crippen LogP contribution in [0.3, 0.4) is 0 Å². The summed E-state index contributed by atoms with van der Waals surface area (Å²) in [4.78, 5) is 0. The average molecular weight is 158 g/mol. The molecule has 11 heavy (non-hydrogen) atoms. The number of aliphatic hydroxyl groups excluding tert-OH is 2. The first-order chi connectivity index (χ1) is 5.29. The molecule has 0 amide bonds. The predicted molar refractivity (Wildman–Crippen MR) is 38.8 cm³/mol. The molecule has 0 aromatic carbocycles. The molecule has 3 heteroatoms. The Morgan fingerprint density at radius 1 is 1.18 bits per heavy atom.